The fourth-order valence-electron chi connectivity index (χ4n) is 1.69. The topological polar surface area (TPSA) is 91.6 Å². The Bertz CT molecular complexity index is 514. The van der Waals surface area contributed by atoms with E-state index in [1.165, 1.54) is 0 Å². The first kappa shape index (κ1) is 17.2. The molecule has 118 valence electrons. The highest BCUT2D eigenvalue weighted by molar-refractivity contribution is 5.97. The summed E-state index contributed by atoms with van der Waals surface area (Å²) in [4.78, 5) is 23.5. The first-order chi connectivity index (χ1) is 9.61. The lowest BCUT2D eigenvalue weighted by Gasteiger charge is -2.25. The normalized spacial score (nSPS) is 12.9. The molecule has 0 spiro atoms. The van der Waals surface area contributed by atoms with Crippen LogP contribution >= 0.6 is 0 Å². The molecule has 1 atom stereocenters. The third-order valence-electron chi connectivity index (χ3n) is 3.19. The summed E-state index contributed by atoms with van der Waals surface area (Å²) >= 11 is 0. The molecular formula is C15H24N2O4. The minimum Gasteiger partial charge on any atom is -0.466 e. The molecule has 1 heterocycles. The van der Waals surface area contributed by atoms with E-state index >= 15 is 0 Å². The number of aryl methyl sites for hydroxylation is 2. The number of aliphatic hydroxyl groups excluding tert-OH is 1. The summed E-state index contributed by atoms with van der Waals surface area (Å²) in [5.74, 6) is 0.476. The van der Waals surface area contributed by atoms with Gasteiger partial charge in [0.2, 0.25) is 5.91 Å². The van der Waals surface area contributed by atoms with Gasteiger partial charge < -0.3 is 20.2 Å². The lowest BCUT2D eigenvalue weighted by atomic mass is 9.89. The van der Waals surface area contributed by atoms with E-state index in [-0.39, 0.29) is 30.3 Å². The lowest BCUT2D eigenvalue weighted by Crippen LogP contribution is -2.43. The van der Waals surface area contributed by atoms with Crippen LogP contribution in [0, 0.1) is 19.3 Å². The van der Waals surface area contributed by atoms with E-state index in [9.17, 15) is 14.7 Å². The first-order valence-electron chi connectivity index (χ1n) is 6.91. The predicted octanol–water partition coefficient (Wildman–Crippen LogP) is 1.15. The van der Waals surface area contributed by atoms with Crippen molar-refractivity contribution in [1.82, 2.24) is 10.6 Å². The van der Waals surface area contributed by atoms with Gasteiger partial charge in [0.15, 0.2) is 0 Å². The van der Waals surface area contributed by atoms with Crippen LogP contribution in [0.5, 0.6) is 0 Å². The quantitative estimate of drug-likeness (QED) is 0.760. The molecule has 1 aromatic rings. The molecule has 0 bridgehead atoms. The van der Waals surface area contributed by atoms with E-state index in [1.54, 1.807) is 19.9 Å². The second-order valence-electron chi connectivity index (χ2n) is 6.20. The SMILES string of the molecule is Cc1cc(C(=O)NCC(=O)NCC(O)C(C)(C)C)c(C)o1. The van der Waals surface area contributed by atoms with Crippen molar-refractivity contribution in [1.29, 1.82) is 0 Å². The fraction of sp³-hybridized carbons (Fsp3) is 0.600. The van der Waals surface area contributed by atoms with Crippen molar-refractivity contribution in [3.63, 3.8) is 0 Å². The highest BCUT2D eigenvalue weighted by Crippen LogP contribution is 2.18. The minimum absolute atomic E-state index is 0.140. The van der Waals surface area contributed by atoms with Crippen LogP contribution in [0.1, 0.15) is 42.6 Å². The molecule has 0 aliphatic carbocycles. The fourth-order valence-corrected chi connectivity index (χ4v) is 1.69. The van der Waals surface area contributed by atoms with E-state index in [1.807, 2.05) is 20.8 Å². The Morgan fingerprint density at radius 1 is 1.29 bits per heavy atom. The van der Waals surface area contributed by atoms with Crippen LogP contribution in [-0.4, -0.2) is 36.1 Å². The van der Waals surface area contributed by atoms with Gasteiger partial charge in [0, 0.05) is 6.54 Å². The molecule has 0 saturated carbocycles. The maximum atomic E-state index is 11.9. The molecule has 1 rings (SSSR count). The summed E-state index contributed by atoms with van der Waals surface area (Å²) in [7, 11) is 0. The van der Waals surface area contributed by atoms with Crippen LogP contribution < -0.4 is 10.6 Å². The van der Waals surface area contributed by atoms with Gasteiger partial charge in [0.05, 0.1) is 18.2 Å². The van der Waals surface area contributed by atoms with Crippen LogP contribution in [0.25, 0.3) is 0 Å². The van der Waals surface area contributed by atoms with E-state index < -0.39 is 6.10 Å². The van der Waals surface area contributed by atoms with Crippen LogP contribution in [-0.2, 0) is 4.79 Å². The molecule has 6 nitrogen and oxygen atoms in total. The number of amides is 2. The highest BCUT2D eigenvalue weighted by Gasteiger charge is 2.22. The average molecular weight is 296 g/mol. The Morgan fingerprint density at radius 3 is 2.38 bits per heavy atom. The molecule has 21 heavy (non-hydrogen) atoms. The van der Waals surface area contributed by atoms with Gasteiger partial charge in [0.25, 0.3) is 5.91 Å². The van der Waals surface area contributed by atoms with Crippen molar-refractivity contribution in [3.8, 4) is 0 Å². The predicted molar refractivity (Wildman–Crippen MR) is 79.0 cm³/mol. The standard InChI is InChI=1S/C15H24N2O4/c1-9-6-11(10(2)21-9)14(20)17-8-13(19)16-7-12(18)15(3,4)5/h6,12,18H,7-8H2,1-5H3,(H,16,19)(H,17,20). The molecule has 1 unspecified atom stereocenters. The van der Waals surface area contributed by atoms with Gasteiger partial charge in [-0.05, 0) is 25.3 Å². The van der Waals surface area contributed by atoms with Crippen LogP contribution in [0.2, 0.25) is 0 Å². The second-order valence-corrected chi connectivity index (χ2v) is 6.20. The first-order valence-corrected chi connectivity index (χ1v) is 6.91. The maximum Gasteiger partial charge on any atom is 0.255 e. The molecule has 2 amide bonds. The molecule has 0 radical (unpaired) electrons. The Morgan fingerprint density at radius 2 is 1.90 bits per heavy atom. The van der Waals surface area contributed by atoms with Crippen molar-refractivity contribution in [2.75, 3.05) is 13.1 Å². The zero-order chi connectivity index (χ0) is 16.2. The van der Waals surface area contributed by atoms with Gasteiger partial charge in [0.1, 0.15) is 11.5 Å². The average Bonchev–Trinajstić information content (AvgIpc) is 2.71. The van der Waals surface area contributed by atoms with Gasteiger partial charge in [-0.15, -0.1) is 0 Å². The largest absolute Gasteiger partial charge is 0.466 e. The van der Waals surface area contributed by atoms with Crippen molar-refractivity contribution >= 4 is 11.8 Å². The van der Waals surface area contributed by atoms with Gasteiger partial charge in [-0.2, -0.15) is 0 Å². The zero-order valence-electron chi connectivity index (χ0n) is 13.2. The monoisotopic (exact) mass is 296 g/mol. The van der Waals surface area contributed by atoms with Crippen LogP contribution in [0.3, 0.4) is 0 Å². The third-order valence-corrected chi connectivity index (χ3v) is 3.19. The number of nitrogens with one attached hydrogen (secondary N) is 2. The smallest absolute Gasteiger partial charge is 0.255 e. The van der Waals surface area contributed by atoms with Crippen molar-refractivity contribution in [2.24, 2.45) is 5.41 Å². The van der Waals surface area contributed by atoms with Crippen molar-refractivity contribution in [2.45, 2.75) is 40.7 Å². The number of rotatable bonds is 5. The molecule has 0 aliphatic rings. The van der Waals surface area contributed by atoms with E-state index in [0.29, 0.717) is 17.1 Å². The Labute approximate surface area is 124 Å². The number of hydrogen-bond donors (Lipinski definition) is 3. The summed E-state index contributed by atoms with van der Waals surface area (Å²) in [6, 6.07) is 1.63. The second kappa shape index (κ2) is 6.76. The number of aliphatic hydroxyl groups is 1. The van der Waals surface area contributed by atoms with Gasteiger partial charge in [-0.3, -0.25) is 9.59 Å². The summed E-state index contributed by atoms with van der Waals surface area (Å²) in [5, 5.41) is 14.9. The van der Waals surface area contributed by atoms with Gasteiger partial charge >= 0.3 is 0 Å². The Balaban J connectivity index is 2.40. The molecule has 6 heteroatoms. The van der Waals surface area contributed by atoms with E-state index in [0.717, 1.165) is 0 Å². The molecule has 1 aromatic heterocycles. The van der Waals surface area contributed by atoms with Crippen LogP contribution in [0.4, 0.5) is 0 Å². The Kier molecular flexibility index (Phi) is 5.54. The van der Waals surface area contributed by atoms with Gasteiger partial charge in [-0.25, -0.2) is 0 Å². The van der Waals surface area contributed by atoms with Crippen LogP contribution in [0.15, 0.2) is 10.5 Å². The summed E-state index contributed by atoms with van der Waals surface area (Å²) in [6.07, 6.45) is -0.643. The highest BCUT2D eigenvalue weighted by atomic mass is 16.3. The number of carbonyl (C=O) groups is 2. The van der Waals surface area contributed by atoms with Crippen molar-refractivity contribution in [3.05, 3.63) is 23.2 Å². The molecule has 0 aliphatic heterocycles. The number of hydrogen-bond acceptors (Lipinski definition) is 4. The number of furan rings is 1. The molecule has 0 fully saturated rings. The van der Waals surface area contributed by atoms with Crippen molar-refractivity contribution < 1.29 is 19.1 Å². The lowest BCUT2D eigenvalue weighted by molar-refractivity contribution is -0.120. The van der Waals surface area contributed by atoms with Gasteiger partial charge in [-0.1, -0.05) is 20.8 Å². The summed E-state index contributed by atoms with van der Waals surface area (Å²) in [5.41, 5.74) is 0.122. The summed E-state index contributed by atoms with van der Waals surface area (Å²) in [6.45, 7) is 9.12. The molecular weight excluding hydrogens is 272 g/mol. The molecule has 0 saturated heterocycles. The zero-order valence-corrected chi connectivity index (χ0v) is 13.2. The Hall–Kier alpha value is -1.82. The van der Waals surface area contributed by atoms with E-state index in [2.05, 4.69) is 10.6 Å². The third kappa shape index (κ3) is 5.23. The van der Waals surface area contributed by atoms with E-state index in [4.69, 9.17) is 4.42 Å². The maximum absolute atomic E-state index is 11.9. The molecule has 0 aromatic carbocycles. The minimum atomic E-state index is -0.643. The summed E-state index contributed by atoms with van der Waals surface area (Å²) < 4.78 is 5.26. The number of carbonyl (C=O) groups excluding carboxylic acids is 2. The molecule has 3 N–H and O–H groups in total.